The van der Waals surface area contributed by atoms with Crippen molar-refractivity contribution in [1.82, 2.24) is 10.2 Å². The lowest BCUT2D eigenvalue weighted by Gasteiger charge is -2.26. The van der Waals surface area contributed by atoms with Crippen molar-refractivity contribution < 1.29 is 14.7 Å². The molecule has 1 fully saturated rings. The van der Waals surface area contributed by atoms with E-state index in [1.165, 1.54) is 0 Å². The van der Waals surface area contributed by atoms with Gasteiger partial charge in [-0.2, -0.15) is 11.8 Å². The summed E-state index contributed by atoms with van der Waals surface area (Å²) in [4.78, 5) is 25.2. The first-order valence-corrected chi connectivity index (χ1v) is 7.75. The molecule has 20 heavy (non-hydrogen) atoms. The van der Waals surface area contributed by atoms with Gasteiger partial charge in [0.25, 0.3) is 0 Å². The first-order chi connectivity index (χ1) is 9.65. The van der Waals surface area contributed by atoms with Gasteiger partial charge >= 0.3 is 5.97 Å². The van der Waals surface area contributed by atoms with E-state index in [2.05, 4.69) is 5.32 Å². The van der Waals surface area contributed by atoms with Crippen LogP contribution in [0.15, 0.2) is 18.2 Å². The molecular formula is C14H16N2O3S. The molecule has 0 aromatic heterocycles. The number of fused-ring (bicyclic) bond motifs is 1. The lowest BCUT2D eigenvalue weighted by Crippen LogP contribution is -2.49. The lowest BCUT2D eigenvalue weighted by molar-refractivity contribution is -0.133. The highest BCUT2D eigenvalue weighted by Gasteiger charge is 2.30. The van der Waals surface area contributed by atoms with Crippen LogP contribution in [0.3, 0.4) is 0 Å². The molecule has 2 N–H and O–H groups in total. The number of nitrogens with zero attached hydrogens (tertiary/aromatic N) is 1. The van der Waals surface area contributed by atoms with Crippen LogP contribution in [0.1, 0.15) is 21.5 Å². The van der Waals surface area contributed by atoms with E-state index in [4.69, 9.17) is 5.11 Å². The van der Waals surface area contributed by atoms with Gasteiger partial charge in [-0.05, 0) is 23.3 Å². The van der Waals surface area contributed by atoms with Gasteiger partial charge in [-0.3, -0.25) is 4.79 Å². The van der Waals surface area contributed by atoms with Gasteiger partial charge in [0, 0.05) is 31.1 Å². The van der Waals surface area contributed by atoms with Crippen LogP contribution in [0.4, 0.5) is 0 Å². The van der Waals surface area contributed by atoms with Crippen molar-refractivity contribution >= 4 is 23.6 Å². The van der Waals surface area contributed by atoms with Crippen molar-refractivity contribution in [2.45, 2.75) is 19.1 Å². The van der Waals surface area contributed by atoms with Crippen LogP contribution >= 0.6 is 11.8 Å². The Morgan fingerprint density at radius 2 is 2.10 bits per heavy atom. The van der Waals surface area contributed by atoms with Crippen LogP contribution in [-0.4, -0.2) is 46.0 Å². The summed E-state index contributed by atoms with van der Waals surface area (Å²) in [5, 5.41) is 12.2. The van der Waals surface area contributed by atoms with Crippen LogP contribution in [0.25, 0.3) is 0 Å². The van der Waals surface area contributed by atoms with Crippen molar-refractivity contribution in [2.75, 3.05) is 18.1 Å². The van der Waals surface area contributed by atoms with Crippen LogP contribution in [-0.2, 0) is 17.9 Å². The van der Waals surface area contributed by atoms with E-state index in [9.17, 15) is 9.59 Å². The van der Waals surface area contributed by atoms with E-state index in [-0.39, 0.29) is 17.5 Å². The average Bonchev–Trinajstić information content (AvgIpc) is 2.90. The number of thioether (sulfide) groups is 1. The Kier molecular flexibility index (Phi) is 3.67. The number of benzene rings is 1. The molecule has 1 atom stereocenters. The Labute approximate surface area is 121 Å². The predicted octanol–water partition coefficient (Wildman–Crippen LogP) is 0.932. The van der Waals surface area contributed by atoms with Crippen LogP contribution < -0.4 is 5.32 Å². The maximum atomic E-state index is 12.4. The number of amides is 1. The number of hydrogen-bond donors (Lipinski definition) is 2. The van der Waals surface area contributed by atoms with E-state index < -0.39 is 5.97 Å². The third-order valence-corrected chi connectivity index (χ3v) is 4.77. The molecular weight excluding hydrogens is 276 g/mol. The molecule has 1 amide bonds. The highest BCUT2D eigenvalue weighted by atomic mass is 32.2. The van der Waals surface area contributed by atoms with Crippen molar-refractivity contribution in [1.29, 1.82) is 0 Å². The predicted molar refractivity (Wildman–Crippen MR) is 76.8 cm³/mol. The van der Waals surface area contributed by atoms with Crippen LogP contribution in [0, 0.1) is 0 Å². The van der Waals surface area contributed by atoms with Crippen molar-refractivity contribution in [3.8, 4) is 0 Å². The van der Waals surface area contributed by atoms with Crippen LogP contribution in [0.5, 0.6) is 0 Å². The molecule has 1 aromatic carbocycles. The van der Waals surface area contributed by atoms with Crippen LogP contribution in [0.2, 0.25) is 0 Å². The first kappa shape index (κ1) is 13.5. The van der Waals surface area contributed by atoms with E-state index in [1.54, 1.807) is 28.8 Å². The molecule has 2 heterocycles. The minimum atomic E-state index is -0.928. The molecule has 1 unspecified atom stereocenters. The minimum absolute atomic E-state index is 0.109. The molecule has 1 aromatic rings. The maximum absolute atomic E-state index is 12.4. The summed E-state index contributed by atoms with van der Waals surface area (Å²) in [6.45, 7) is 1.96. The molecule has 0 radical (unpaired) electrons. The second-order valence-corrected chi connectivity index (χ2v) is 6.21. The molecule has 106 valence electrons. The number of nitrogens with one attached hydrogen (secondary N) is 1. The molecule has 3 rings (SSSR count). The zero-order chi connectivity index (χ0) is 14.1. The zero-order valence-corrected chi connectivity index (χ0v) is 11.8. The quantitative estimate of drug-likeness (QED) is 0.849. The average molecular weight is 292 g/mol. The number of carbonyl (C=O) groups is 2. The third kappa shape index (κ3) is 2.53. The number of carbonyl (C=O) groups excluding carboxylic acids is 1. The molecule has 6 heteroatoms. The zero-order valence-electron chi connectivity index (χ0n) is 11.0. The summed E-state index contributed by atoms with van der Waals surface area (Å²) < 4.78 is 0. The van der Waals surface area contributed by atoms with E-state index in [1.807, 2.05) is 6.07 Å². The fourth-order valence-corrected chi connectivity index (χ4v) is 3.55. The maximum Gasteiger partial charge on any atom is 0.335 e. The smallest absolute Gasteiger partial charge is 0.335 e. The Balaban J connectivity index is 1.73. The second kappa shape index (κ2) is 5.46. The summed E-state index contributed by atoms with van der Waals surface area (Å²) >= 11 is 1.79. The number of carboxylic acid groups (broad SMARTS) is 1. The summed E-state index contributed by atoms with van der Waals surface area (Å²) in [6, 6.07) is 4.98. The lowest BCUT2D eigenvalue weighted by atomic mass is 10.1. The fraction of sp³-hybridized carbons (Fsp3) is 0.429. The van der Waals surface area contributed by atoms with Gasteiger partial charge in [-0.15, -0.1) is 0 Å². The molecule has 0 spiro atoms. The number of rotatable bonds is 2. The van der Waals surface area contributed by atoms with E-state index >= 15 is 0 Å². The van der Waals surface area contributed by atoms with Crippen molar-refractivity contribution in [3.05, 3.63) is 34.9 Å². The molecule has 5 nitrogen and oxygen atoms in total. The molecule has 0 aliphatic carbocycles. The SMILES string of the molecule is O=C(O)c1ccc2c(c1)CN(C(=O)C1CSCCN1)C2. The Morgan fingerprint density at radius 1 is 1.30 bits per heavy atom. The van der Waals surface area contributed by atoms with Gasteiger partial charge < -0.3 is 15.3 Å². The van der Waals surface area contributed by atoms with Crippen molar-refractivity contribution in [3.63, 3.8) is 0 Å². The fourth-order valence-electron chi connectivity index (χ4n) is 2.63. The second-order valence-electron chi connectivity index (χ2n) is 5.06. The number of aromatic carboxylic acids is 1. The number of carboxylic acids is 1. The van der Waals surface area contributed by atoms with Gasteiger partial charge in [0.15, 0.2) is 0 Å². The summed E-state index contributed by atoms with van der Waals surface area (Å²) in [6.07, 6.45) is 0. The topological polar surface area (TPSA) is 69.6 Å². The van der Waals surface area contributed by atoms with E-state index in [0.717, 1.165) is 29.2 Å². The molecule has 2 aliphatic rings. The summed E-state index contributed by atoms with van der Waals surface area (Å²) in [7, 11) is 0. The van der Waals surface area contributed by atoms with Gasteiger partial charge in [-0.25, -0.2) is 4.79 Å². The normalized spacial score (nSPS) is 21.6. The Hall–Kier alpha value is -1.53. The monoisotopic (exact) mass is 292 g/mol. The largest absolute Gasteiger partial charge is 0.478 e. The number of hydrogen-bond acceptors (Lipinski definition) is 4. The molecule has 2 aliphatic heterocycles. The van der Waals surface area contributed by atoms with E-state index in [0.29, 0.717) is 13.1 Å². The molecule has 0 saturated carbocycles. The highest BCUT2D eigenvalue weighted by Crippen LogP contribution is 2.25. The first-order valence-electron chi connectivity index (χ1n) is 6.60. The Morgan fingerprint density at radius 3 is 2.80 bits per heavy atom. The van der Waals surface area contributed by atoms with Gasteiger partial charge in [0.05, 0.1) is 11.6 Å². The Bertz CT molecular complexity index is 555. The summed E-state index contributed by atoms with van der Waals surface area (Å²) in [5.41, 5.74) is 2.28. The molecule has 1 saturated heterocycles. The standard InChI is InChI=1S/C14H16N2O3S/c17-13(12-8-20-4-3-15-12)16-6-10-2-1-9(14(18)19)5-11(10)7-16/h1-2,5,12,15H,3-4,6-8H2,(H,18,19). The van der Waals surface area contributed by atoms with Gasteiger partial charge in [0.1, 0.15) is 0 Å². The van der Waals surface area contributed by atoms with Gasteiger partial charge in [-0.1, -0.05) is 6.07 Å². The minimum Gasteiger partial charge on any atom is -0.478 e. The van der Waals surface area contributed by atoms with Crippen molar-refractivity contribution in [2.24, 2.45) is 0 Å². The molecule has 0 bridgehead atoms. The third-order valence-electron chi connectivity index (χ3n) is 3.71. The highest BCUT2D eigenvalue weighted by molar-refractivity contribution is 7.99. The van der Waals surface area contributed by atoms with Gasteiger partial charge in [0.2, 0.25) is 5.91 Å². The summed E-state index contributed by atoms with van der Waals surface area (Å²) in [5.74, 6) is 1.05.